The molecule has 2 unspecified atom stereocenters. The molecule has 1 fully saturated rings. The molecule has 2 nitrogen and oxygen atoms in total. The summed E-state index contributed by atoms with van der Waals surface area (Å²) in [5.41, 5.74) is 0.0876. The highest BCUT2D eigenvalue weighted by Gasteiger charge is 2.30. The number of ether oxygens (including phenoxy) is 1. The summed E-state index contributed by atoms with van der Waals surface area (Å²) < 4.78 is 5.57. The molecule has 0 amide bonds. The van der Waals surface area contributed by atoms with Crippen LogP contribution in [0.1, 0.15) is 26.7 Å². The summed E-state index contributed by atoms with van der Waals surface area (Å²) in [5.74, 6) is 0.731. The third-order valence-electron chi connectivity index (χ3n) is 3.06. The van der Waals surface area contributed by atoms with Gasteiger partial charge in [-0.05, 0) is 32.2 Å². The van der Waals surface area contributed by atoms with Crippen molar-refractivity contribution in [1.82, 2.24) is 4.90 Å². The maximum atomic E-state index is 5.57. The summed E-state index contributed by atoms with van der Waals surface area (Å²) in [6, 6.07) is 0. The average Bonchev–Trinajstić information content (AvgIpc) is 2.18. The van der Waals surface area contributed by atoms with Gasteiger partial charge in [0.2, 0.25) is 0 Å². The Hall–Kier alpha value is 0.400. The van der Waals surface area contributed by atoms with E-state index in [2.05, 4.69) is 34.7 Å². The molecule has 2 atom stereocenters. The number of hydrogen-bond acceptors (Lipinski definition) is 2. The van der Waals surface area contributed by atoms with Gasteiger partial charge in [-0.25, -0.2) is 0 Å². The van der Waals surface area contributed by atoms with Gasteiger partial charge in [0.05, 0.1) is 5.60 Å². The van der Waals surface area contributed by atoms with Gasteiger partial charge in [0.1, 0.15) is 0 Å². The molecule has 1 rings (SSSR count). The third-order valence-corrected chi connectivity index (χ3v) is 4.17. The molecule has 1 heterocycles. The van der Waals surface area contributed by atoms with Crippen LogP contribution in [0, 0.1) is 5.92 Å². The van der Waals surface area contributed by atoms with E-state index < -0.39 is 0 Å². The first kappa shape index (κ1) is 12.5. The fourth-order valence-corrected chi connectivity index (χ4v) is 2.32. The minimum Gasteiger partial charge on any atom is -0.377 e. The zero-order chi connectivity index (χ0) is 10.6. The molecule has 0 aromatic carbocycles. The summed E-state index contributed by atoms with van der Waals surface area (Å²) in [4.78, 5) is 2.53. The molecule has 0 aromatic heterocycles. The monoisotopic (exact) mass is 263 g/mol. The lowest BCUT2D eigenvalue weighted by molar-refractivity contribution is -0.0526. The molecule has 0 aliphatic carbocycles. The van der Waals surface area contributed by atoms with Crippen LogP contribution in [0.3, 0.4) is 0 Å². The second kappa shape index (κ2) is 5.47. The van der Waals surface area contributed by atoms with Gasteiger partial charge in [0.25, 0.3) is 0 Å². The molecule has 84 valence electrons. The minimum atomic E-state index is 0.0876. The van der Waals surface area contributed by atoms with E-state index in [1.807, 2.05) is 7.11 Å². The van der Waals surface area contributed by atoms with Crippen LogP contribution in [0.25, 0.3) is 0 Å². The molecule has 0 saturated carbocycles. The Balaban J connectivity index is 2.40. The molecule has 0 radical (unpaired) electrons. The highest BCUT2D eigenvalue weighted by molar-refractivity contribution is 9.09. The van der Waals surface area contributed by atoms with Gasteiger partial charge in [0.15, 0.2) is 0 Å². The van der Waals surface area contributed by atoms with Gasteiger partial charge in [-0.1, -0.05) is 22.9 Å². The number of halogens is 1. The standard InChI is InChI=1S/C11H22BrNO/c1-10(7-12)8-13-6-4-5-11(2,9-13)14-3/h10H,4-9H2,1-3H3. The van der Waals surface area contributed by atoms with Crippen molar-refractivity contribution in [1.29, 1.82) is 0 Å². The molecular weight excluding hydrogens is 242 g/mol. The lowest BCUT2D eigenvalue weighted by Gasteiger charge is -2.40. The summed E-state index contributed by atoms with van der Waals surface area (Å²) in [6.45, 7) is 8.01. The predicted molar refractivity (Wildman–Crippen MR) is 64.0 cm³/mol. The zero-order valence-electron chi connectivity index (χ0n) is 9.55. The molecule has 1 aliphatic heterocycles. The van der Waals surface area contributed by atoms with E-state index in [4.69, 9.17) is 4.74 Å². The van der Waals surface area contributed by atoms with Crippen molar-refractivity contribution in [2.45, 2.75) is 32.3 Å². The van der Waals surface area contributed by atoms with Crippen molar-refractivity contribution in [2.75, 3.05) is 32.1 Å². The molecular formula is C11H22BrNO. The van der Waals surface area contributed by atoms with Crippen LogP contribution in [0.5, 0.6) is 0 Å². The SMILES string of the molecule is COC1(C)CCCN(CC(C)CBr)C1. The Labute approximate surface area is 96.1 Å². The first-order valence-corrected chi connectivity index (χ1v) is 6.55. The van der Waals surface area contributed by atoms with Crippen molar-refractivity contribution >= 4 is 15.9 Å². The molecule has 1 saturated heterocycles. The molecule has 14 heavy (non-hydrogen) atoms. The highest BCUT2D eigenvalue weighted by Crippen LogP contribution is 2.24. The van der Waals surface area contributed by atoms with Crippen LogP contribution < -0.4 is 0 Å². The van der Waals surface area contributed by atoms with Gasteiger partial charge in [-0.2, -0.15) is 0 Å². The van der Waals surface area contributed by atoms with Crippen molar-refractivity contribution < 1.29 is 4.74 Å². The topological polar surface area (TPSA) is 12.5 Å². The Morgan fingerprint density at radius 1 is 1.57 bits per heavy atom. The van der Waals surface area contributed by atoms with E-state index in [0.717, 1.165) is 17.8 Å². The number of likely N-dealkylation sites (tertiary alicyclic amines) is 1. The van der Waals surface area contributed by atoms with Gasteiger partial charge in [-0.15, -0.1) is 0 Å². The molecule has 0 bridgehead atoms. The van der Waals surface area contributed by atoms with Gasteiger partial charge < -0.3 is 9.64 Å². The van der Waals surface area contributed by atoms with Crippen LogP contribution in [0.2, 0.25) is 0 Å². The lowest BCUT2D eigenvalue weighted by Crippen LogP contribution is -2.48. The average molecular weight is 264 g/mol. The van der Waals surface area contributed by atoms with Crippen LogP contribution in [0.15, 0.2) is 0 Å². The van der Waals surface area contributed by atoms with E-state index in [9.17, 15) is 0 Å². The molecule has 0 N–H and O–H groups in total. The fourth-order valence-electron chi connectivity index (χ4n) is 2.12. The molecule has 3 heteroatoms. The Morgan fingerprint density at radius 3 is 2.86 bits per heavy atom. The van der Waals surface area contributed by atoms with Gasteiger partial charge in [0, 0.05) is 25.5 Å². The smallest absolute Gasteiger partial charge is 0.0777 e. The Morgan fingerprint density at radius 2 is 2.29 bits per heavy atom. The third kappa shape index (κ3) is 3.52. The van der Waals surface area contributed by atoms with Gasteiger partial charge >= 0.3 is 0 Å². The van der Waals surface area contributed by atoms with Crippen molar-refractivity contribution in [3.8, 4) is 0 Å². The van der Waals surface area contributed by atoms with Crippen LogP contribution in [-0.2, 0) is 4.74 Å². The summed E-state index contributed by atoms with van der Waals surface area (Å²) in [7, 11) is 1.83. The number of nitrogens with zero attached hydrogens (tertiary/aromatic N) is 1. The second-order valence-electron chi connectivity index (χ2n) is 4.75. The number of alkyl halides is 1. The zero-order valence-corrected chi connectivity index (χ0v) is 11.1. The quantitative estimate of drug-likeness (QED) is 0.723. The highest BCUT2D eigenvalue weighted by atomic mass is 79.9. The fraction of sp³-hybridized carbons (Fsp3) is 1.00. The summed E-state index contributed by atoms with van der Waals surface area (Å²) in [5, 5.41) is 1.09. The van der Waals surface area contributed by atoms with E-state index >= 15 is 0 Å². The van der Waals surface area contributed by atoms with Crippen molar-refractivity contribution in [3.05, 3.63) is 0 Å². The molecule has 0 spiro atoms. The number of methoxy groups -OCH3 is 1. The summed E-state index contributed by atoms with van der Waals surface area (Å²) >= 11 is 3.53. The molecule has 1 aliphatic rings. The number of rotatable bonds is 4. The normalized spacial score (nSPS) is 31.7. The van der Waals surface area contributed by atoms with Crippen LogP contribution in [-0.4, -0.2) is 42.6 Å². The van der Waals surface area contributed by atoms with Gasteiger partial charge in [-0.3, -0.25) is 0 Å². The maximum Gasteiger partial charge on any atom is 0.0777 e. The van der Waals surface area contributed by atoms with E-state index in [1.54, 1.807) is 0 Å². The van der Waals surface area contributed by atoms with Crippen LogP contribution in [0.4, 0.5) is 0 Å². The minimum absolute atomic E-state index is 0.0876. The van der Waals surface area contributed by atoms with E-state index in [-0.39, 0.29) is 5.60 Å². The first-order valence-electron chi connectivity index (χ1n) is 5.43. The lowest BCUT2D eigenvalue weighted by atomic mass is 9.94. The Bertz CT molecular complexity index is 177. The second-order valence-corrected chi connectivity index (χ2v) is 5.40. The van der Waals surface area contributed by atoms with Crippen LogP contribution >= 0.6 is 15.9 Å². The Kier molecular flexibility index (Phi) is 4.88. The number of piperidine rings is 1. The number of hydrogen-bond donors (Lipinski definition) is 0. The predicted octanol–water partition coefficient (Wildman–Crippen LogP) is 2.52. The first-order chi connectivity index (χ1) is 6.59. The van der Waals surface area contributed by atoms with Crippen molar-refractivity contribution in [2.24, 2.45) is 5.92 Å². The summed E-state index contributed by atoms with van der Waals surface area (Å²) in [6.07, 6.45) is 2.46. The molecule has 0 aromatic rings. The van der Waals surface area contributed by atoms with E-state index in [1.165, 1.54) is 25.9 Å². The maximum absolute atomic E-state index is 5.57. The van der Waals surface area contributed by atoms with Crippen molar-refractivity contribution in [3.63, 3.8) is 0 Å². The van der Waals surface area contributed by atoms with E-state index in [0.29, 0.717) is 0 Å². The largest absolute Gasteiger partial charge is 0.377 e.